The Balaban J connectivity index is 1.85. The summed E-state index contributed by atoms with van der Waals surface area (Å²) < 4.78 is 0. The fraction of sp³-hybridized carbons (Fsp3) is 0.462. The number of nitrogens with one attached hydrogen (secondary N) is 2. The third kappa shape index (κ3) is 3.61. The van der Waals surface area contributed by atoms with Gasteiger partial charge in [0.05, 0.1) is 0 Å². The first-order valence-corrected chi connectivity index (χ1v) is 7.64. The number of hydrogen-bond acceptors (Lipinski definition) is 2. The van der Waals surface area contributed by atoms with Crippen LogP contribution in [-0.2, 0) is 0 Å². The fourth-order valence-electron chi connectivity index (χ4n) is 2.23. The van der Waals surface area contributed by atoms with Gasteiger partial charge in [0, 0.05) is 17.0 Å². The number of benzene rings is 1. The van der Waals surface area contributed by atoms with Crippen molar-refractivity contribution >= 4 is 34.8 Å². The van der Waals surface area contributed by atoms with E-state index in [0.29, 0.717) is 11.3 Å². The monoisotopic (exact) mass is 266 g/mol. The summed E-state index contributed by atoms with van der Waals surface area (Å²) in [5, 5.41) is 8.09. The predicted octanol–water partition coefficient (Wildman–Crippen LogP) is 3.26. The van der Waals surface area contributed by atoms with Crippen LogP contribution in [-0.4, -0.2) is 22.7 Å². The van der Waals surface area contributed by atoms with E-state index in [1.165, 1.54) is 19.3 Å². The van der Waals surface area contributed by atoms with Gasteiger partial charge in [-0.15, -0.1) is 0 Å². The molecular weight excluding hydrogens is 248 g/mol. The van der Waals surface area contributed by atoms with Crippen molar-refractivity contribution in [2.24, 2.45) is 0 Å². The van der Waals surface area contributed by atoms with Crippen LogP contribution in [0.15, 0.2) is 30.3 Å². The minimum atomic E-state index is 0.522. The Hall–Kier alpha value is -0.740. The van der Waals surface area contributed by atoms with Crippen LogP contribution in [0.1, 0.15) is 19.3 Å². The topological polar surface area (TPSA) is 24.1 Å². The van der Waals surface area contributed by atoms with Gasteiger partial charge in [0.15, 0.2) is 5.11 Å². The highest BCUT2D eigenvalue weighted by atomic mass is 32.2. The molecule has 2 unspecified atom stereocenters. The van der Waals surface area contributed by atoms with Crippen molar-refractivity contribution in [2.45, 2.75) is 30.6 Å². The van der Waals surface area contributed by atoms with Gasteiger partial charge in [0.25, 0.3) is 0 Å². The molecular formula is C13H18N2S2. The Morgan fingerprint density at radius 1 is 1.29 bits per heavy atom. The number of thioether (sulfide) groups is 1. The van der Waals surface area contributed by atoms with Crippen LogP contribution >= 0.6 is 24.0 Å². The fourth-order valence-corrected chi connectivity index (χ4v) is 3.43. The SMILES string of the molecule is CSC1CCCC1NC(=S)Nc1ccccc1. The van der Waals surface area contributed by atoms with Crippen LogP contribution < -0.4 is 10.6 Å². The van der Waals surface area contributed by atoms with E-state index in [1.807, 2.05) is 42.1 Å². The summed E-state index contributed by atoms with van der Waals surface area (Å²) in [4.78, 5) is 0. The van der Waals surface area contributed by atoms with E-state index < -0.39 is 0 Å². The molecule has 0 bridgehead atoms. The molecule has 2 atom stereocenters. The summed E-state index contributed by atoms with van der Waals surface area (Å²) >= 11 is 7.28. The van der Waals surface area contributed by atoms with Gasteiger partial charge < -0.3 is 10.6 Å². The van der Waals surface area contributed by atoms with Crippen molar-refractivity contribution in [1.29, 1.82) is 0 Å². The second-order valence-corrected chi connectivity index (χ2v) is 5.76. The van der Waals surface area contributed by atoms with Crippen molar-refractivity contribution in [2.75, 3.05) is 11.6 Å². The molecule has 1 saturated carbocycles. The lowest BCUT2D eigenvalue weighted by Gasteiger charge is -2.21. The van der Waals surface area contributed by atoms with Crippen molar-refractivity contribution in [3.05, 3.63) is 30.3 Å². The number of rotatable bonds is 3. The molecule has 92 valence electrons. The Kier molecular flexibility index (Phi) is 4.68. The van der Waals surface area contributed by atoms with Crippen LogP contribution in [0.2, 0.25) is 0 Å². The average molecular weight is 266 g/mol. The number of para-hydroxylation sites is 1. The summed E-state index contributed by atoms with van der Waals surface area (Å²) in [6.45, 7) is 0. The zero-order chi connectivity index (χ0) is 12.1. The molecule has 1 aromatic carbocycles. The predicted molar refractivity (Wildman–Crippen MR) is 80.7 cm³/mol. The Labute approximate surface area is 113 Å². The normalized spacial score (nSPS) is 23.4. The maximum atomic E-state index is 5.34. The number of thiocarbonyl (C=S) groups is 1. The molecule has 1 aliphatic rings. The second-order valence-electron chi connectivity index (χ2n) is 4.28. The molecule has 0 saturated heterocycles. The van der Waals surface area contributed by atoms with Gasteiger partial charge in [-0.2, -0.15) is 11.8 Å². The zero-order valence-corrected chi connectivity index (χ0v) is 11.6. The Bertz CT molecular complexity index is 367. The average Bonchev–Trinajstić information content (AvgIpc) is 2.77. The van der Waals surface area contributed by atoms with Gasteiger partial charge in [0.2, 0.25) is 0 Å². The first kappa shape index (κ1) is 12.7. The van der Waals surface area contributed by atoms with Crippen molar-refractivity contribution in [3.8, 4) is 0 Å². The molecule has 4 heteroatoms. The minimum Gasteiger partial charge on any atom is -0.359 e. The lowest BCUT2D eigenvalue weighted by Crippen LogP contribution is -2.40. The highest BCUT2D eigenvalue weighted by Crippen LogP contribution is 2.28. The smallest absolute Gasteiger partial charge is 0.171 e. The van der Waals surface area contributed by atoms with Gasteiger partial charge in [0.1, 0.15) is 0 Å². The van der Waals surface area contributed by atoms with E-state index in [9.17, 15) is 0 Å². The molecule has 0 radical (unpaired) electrons. The summed E-state index contributed by atoms with van der Waals surface area (Å²) in [6, 6.07) is 10.6. The molecule has 0 aliphatic heterocycles. The molecule has 1 fully saturated rings. The third-order valence-electron chi connectivity index (χ3n) is 3.10. The van der Waals surface area contributed by atoms with Crippen LogP contribution in [0.4, 0.5) is 5.69 Å². The van der Waals surface area contributed by atoms with Crippen LogP contribution in [0, 0.1) is 0 Å². The largest absolute Gasteiger partial charge is 0.359 e. The number of anilines is 1. The van der Waals surface area contributed by atoms with E-state index in [4.69, 9.17) is 12.2 Å². The molecule has 0 spiro atoms. The Morgan fingerprint density at radius 2 is 2.06 bits per heavy atom. The number of hydrogen-bond donors (Lipinski definition) is 2. The molecule has 1 aromatic rings. The van der Waals surface area contributed by atoms with Gasteiger partial charge >= 0.3 is 0 Å². The molecule has 2 nitrogen and oxygen atoms in total. The standard InChI is InChI=1S/C13H18N2S2/c1-17-12-9-5-8-11(12)15-13(16)14-10-6-3-2-4-7-10/h2-4,6-7,11-12H,5,8-9H2,1H3,(H2,14,15,16). The zero-order valence-electron chi connectivity index (χ0n) is 9.98. The maximum absolute atomic E-state index is 5.34. The van der Waals surface area contributed by atoms with Crippen molar-refractivity contribution in [3.63, 3.8) is 0 Å². The van der Waals surface area contributed by atoms with Crippen LogP contribution in [0.3, 0.4) is 0 Å². The molecule has 1 aliphatic carbocycles. The Morgan fingerprint density at radius 3 is 2.76 bits per heavy atom. The molecule has 2 N–H and O–H groups in total. The van der Waals surface area contributed by atoms with Crippen molar-refractivity contribution in [1.82, 2.24) is 5.32 Å². The molecule has 2 rings (SSSR count). The van der Waals surface area contributed by atoms with Gasteiger partial charge in [-0.05, 0) is 43.4 Å². The summed E-state index contributed by atoms with van der Waals surface area (Å²) in [5.74, 6) is 0. The van der Waals surface area contributed by atoms with E-state index in [1.54, 1.807) is 0 Å². The quantitative estimate of drug-likeness (QED) is 0.820. The highest BCUT2D eigenvalue weighted by molar-refractivity contribution is 7.99. The van der Waals surface area contributed by atoms with E-state index >= 15 is 0 Å². The highest BCUT2D eigenvalue weighted by Gasteiger charge is 2.26. The molecule has 0 heterocycles. The minimum absolute atomic E-state index is 0.522. The van der Waals surface area contributed by atoms with Crippen LogP contribution in [0.25, 0.3) is 0 Å². The van der Waals surface area contributed by atoms with Crippen LogP contribution in [0.5, 0.6) is 0 Å². The third-order valence-corrected chi connectivity index (χ3v) is 4.49. The van der Waals surface area contributed by atoms with E-state index in [-0.39, 0.29) is 0 Å². The second kappa shape index (κ2) is 6.26. The first-order valence-electron chi connectivity index (χ1n) is 5.95. The molecule has 0 aromatic heterocycles. The van der Waals surface area contributed by atoms with Crippen molar-refractivity contribution < 1.29 is 0 Å². The summed E-state index contributed by atoms with van der Waals surface area (Å²) in [6.07, 6.45) is 6.00. The molecule has 0 amide bonds. The van der Waals surface area contributed by atoms with E-state index in [0.717, 1.165) is 10.8 Å². The lowest BCUT2D eigenvalue weighted by atomic mass is 10.2. The van der Waals surface area contributed by atoms with Gasteiger partial charge in [-0.25, -0.2) is 0 Å². The summed E-state index contributed by atoms with van der Waals surface area (Å²) in [5.41, 5.74) is 1.05. The first-order chi connectivity index (χ1) is 8.29. The van der Waals surface area contributed by atoms with Gasteiger partial charge in [-0.1, -0.05) is 24.6 Å². The maximum Gasteiger partial charge on any atom is 0.171 e. The molecule has 17 heavy (non-hydrogen) atoms. The lowest BCUT2D eigenvalue weighted by molar-refractivity contribution is 0.646. The van der Waals surface area contributed by atoms with Gasteiger partial charge in [-0.3, -0.25) is 0 Å². The summed E-state index contributed by atoms with van der Waals surface area (Å²) in [7, 11) is 0. The van der Waals surface area contributed by atoms with E-state index in [2.05, 4.69) is 16.9 Å².